The van der Waals surface area contributed by atoms with Crippen molar-refractivity contribution in [2.45, 2.75) is 58.8 Å². The molecule has 1 aliphatic rings. The molecule has 2 unspecified atom stereocenters. The third-order valence-electron chi connectivity index (χ3n) is 7.36. The van der Waals surface area contributed by atoms with Gasteiger partial charge in [0, 0.05) is 41.4 Å². The van der Waals surface area contributed by atoms with Gasteiger partial charge < -0.3 is 5.32 Å². The van der Waals surface area contributed by atoms with Crippen molar-refractivity contribution in [2.75, 3.05) is 6.54 Å². The first kappa shape index (κ1) is 29.5. The Hall–Kier alpha value is -3.45. The van der Waals surface area contributed by atoms with E-state index in [1.807, 2.05) is 6.20 Å². The van der Waals surface area contributed by atoms with E-state index in [1.165, 1.54) is 39.7 Å². The van der Waals surface area contributed by atoms with Crippen LogP contribution in [0.15, 0.2) is 48.7 Å². The smallest absolute Gasteiger partial charge is 0.207 e. The maximum absolute atomic E-state index is 14.2. The maximum atomic E-state index is 14.2. The van der Waals surface area contributed by atoms with Gasteiger partial charge in [0.25, 0.3) is 0 Å². The minimum Gasteiger partial charge on any atom is -0.358 e. The van der Waals surface area contributed by atoms with E-state index in [2.05, 4.69) is 61.2 Å². The number of amides is 1. The van der Waals surface area contributed by atoms with Crippen molar-refractivity contribution in [1.82, 2.24) is 15.3 Å². The number of halogens is 4. The molecule has 0 bridgehead atoms. The van der Waals surface area contributed by atoms with E-state index in [0.29, 0.717) is 36.6 Å². The van der Waals surface area contributed by atoms with Crippen molar-refractivity contribution < 1.29 is 18.0 Å². The highest BCUT2D eigenvalue weighted by molar-refractivity contribution is 6.31. The van der Waals surface area contributed by atoms with Gasteiger partial charge >= 0.3 is 0 Å². The third-order valence-corrected chi connectivity index (χ3v) is 7.65. The van der Waals surface area contributed by atoms with Gasteiger partial charge in [-0.3, -0.25) is 9.78 Å². The van der Waals surface area contributed by atoms with Crippen LogP contribution < -0.4 is 5.32 Å². The molecule has 210 valence electrons. The predicted molar refractivity (Wildman–Crippen MR) is 154 cm³/mol. The minimum atomic E-state index is -0.936. The van der Waals surface area contributed by atoms with Crippen LogP contribution >= 0.6 is 11.6 Å². The van der Waals surface area contributed by atoms with Crippen molar-refractivity contribution in [3.05, 3.63) is 93.5 Å². The SMILES string of the molecule is CCC(C)c1cc(C)cc2cc(C)cnc12.O=CNCC(c1ccc(F)c(-c2cc(Cl)c(F)cc2F)n1)C1CC1. The molecule has 4 aromatic rings. The summed E-state index contributed by atoms with van der Waals surface area (Å²) >= 11 is 5.68. The second kappa shape index (κ2) is 12.8. The largest absolute Gasteiger partial charge is 0.358 e. The molecule has 0 radical (unpaired) electrons. The van der Waals surface area contributed by atoms with Crippen LogP contribution in [0.1, 0.15) is 67.3 Å². The molecule has 8 heteroatoms. The van der Waals surface area contributed by atoms with Gasteiger partial charge in [-0.1, -0.05) is 37.1 Å². The number of benzene rings is 2. The first-order valence-corrected chi connectivity index (χ1v) is 13.9. The standard InChI is InChI=1S/C17H14ClF3N2O.C15H19N/c18-12-5-10(14(20)6-15(12)21)17-13(19)3-4-16(23-17)11(7-22-8-24)9-1-2-9;1-5-12(4)14-8-10(2)6-13-7-11(3)9-16-15(13)14/h3-6,8-9,11H,1-2,7H2,(H,22,24);6-9,12H,5H2,1-4H3. The molecule has 2 aromatic carbocycles. The number of carbonyl (C=O) groups is 1. The Labute approximate surface area is 238 Å². The van der Waals surface area contributed by atoms with Crippen molar-refractivity contribution in [1.29, 1.82) is 0 Å². The summed E-state index contributed by atoms with van der Waals surface area (Å²) < 4.78 is 41.5. The number of aryl methyl sites for hydroxylation is 2. The van der Waals surface area contributed by atoms with Gasteiger partial charge in [0.05, 0.1) is 10.5 Å². The molecule has 40 heavy (non-hydrogen) atoms. The highest BCUT2D eigenvalue weighted by Crippen LogP contribution is 2.42. The van der Waals surface area contributed by atoms with E-state index in [-0.39, 0.29) is 22.2 Å². The topological polar surface area (TPSA) is 54.9 Å². The van der Waals surface area contributed by atoms with Gasteiger partial charge in [-0.15, -0.1) is 0 Å². The van der Waals surface area contributed by atoms with E-state index >= 15 is 0 Å². The summed E-state index contributed by atoms with van der Waals surface area (Å²) in [6.07, 6.45) is 5.71. The number of carbonyl (C=O) groups excluding carboxylic acids is 1. The third kappa shape index (κ3) is 6.81. The Morgan fingerprint density at radius 1 is 1.02 bits per heavy atom. The number of rotatable bonds is 8. The zero-order valence-electron chi connectivity index (χ0n) is 23.1. The van der Waals surface area contributed by atoms with E-state index in [0.717, 1.165) is 25.3 Å². The first-order valence-electron chi connectivity index (χ1n) is 13.5. The number of hydrogen-bond donors (Lipinski definition) is 1. The van der Waals surface area contributed by atoms with Gasteiger partial charge in [0.1, 0.15) is 23.1 Å². The summed E-state index contributed by atoms with van der Waals surface area (Å²) in [7, 11) is 0. The van der Waals surface area contributed by atoms with Crippen LogP contribution in [-0.2, 0) is 4.79 Å². The molecule has 0 aliphatic heterocycles. The number of nitrogens with zero attached hydrogens (tertiary/aromatic N) is 2. The molecule has 1 fully saturated rings. The number of aromatic nitrogens is 2. The molecule has 2 heterocycles. The lowest BCUT2D eigenvalue weighted by Gasteiger charge is -2.16. The lowest BCUT2D eigenvalue weighted by atomic mass is 9.94. The van der Waals surface area contributed by atoms with E-state index in [1.54, 1.807) is 0 Å². The number of fused-ring (bicyclic) bond motifs is 1. The fraction of sp³-hybridized carbons (Fsp3) is 0.344. The van der Waals surface area contributed by atoms with Crippen molar-refractivity contribution in [2.24, 2.45) is 5.92 Å². The summed E-state index contributed by atoms with van der Waals surface area (Å²) in [6.45, 7) is 9.13. The van der Waals surface area contributed by atoms with Crippen molar-refractivity contribution >= 4 is 28.9 Å². The van der Waals surface area contributed by atoms with Gasteiger partial charge in [-0.25, -0.2) is 18.2 Å². The summed E-state index contributed by atoms with van der Waals surface area (Å²) in [5.41, 5.74) is 5.26. The number of pyridine rings is 2. The number of hydrogen-bond acceptors (Lipinski definition) is 3. The van der Waals surface area contributed by atoms with Crippen LogP contribution in [0, 0.1) is 37.2 Å². The van der Waals surface area contributed by atoms with E-state index in [9.17, 15) is 18.0 Å². The Morgan fingerprint density at radius 3 is 2.42 bits per heavy atom. The predicted octanol–water partition coefficient (Wildman–Crippen LogP) is 8.42. The van der Waals surface area contributed by atoms with Crippen LogP contribution in [0.25, 0.3) is 22.2 Å². The Bertz CT molecular complexity index is 1520. The van der Waals surface area contributed by atoms with Crippen molar-refractivity contribution in [3.63, 3.8) is 0 Å². The zero-order valence-corrected chi connectivity index (χ0v) is 23.8. The van der Waals surface area contributed by atoms with Crippen molar-refractivity contribution in [3.8, 4) is 11.3 Å². The lowest BCUT2D eigenvalue weighted by Crippen LogP contribution is -2.22. The molecule has 2 aromatic heterocycles. The average Bonchev–Trinajstić information content (AvgIpc) is 3.76. The normalized spacial score (nSPS) is 14.3. The molecule has 1 amide bonds. The monoisotopic (exact) mass is 567 g/mol. The summed E-state index contributed by atoms with van der Waals surface area (Å²) in [6, 6.07) is 11.1. The molecule has 5 rings (SSSR count). The van der Waals surface area contributed by atoms with Gasteiger partial charge in [-0.2, -0.15) is 0 Å². The molecular formula is C32H33ClF3N3O. The van der Waals surface area contributed by atoms with Crippen LogP contribution in [-0.4, -0.2) is 22.9 Å². The summed E-state index contributed by atoms with van der Waals surface area (Å²) in [5, 5.41) is 3.58. The molecule has 4 nitrogen and oxygen atoms in total. The first-order chi connectivity index (χ1) is 19.1. The Balaban J connectivity index is 0.000000201. The fourth-order valence-electron chi connectivity index (χ4n) is 4.88. The summed E-state index contributed by atoms with van der Waals surface area (Å²) in [5.74, 6) is -1.72. The van der Waals surface area contributed by atoms with Gasteiger partial charge in [0.15, 0.2) is 0 Å². The van der Waals surface area contributed by atoms with Gasteiger partial charge in [-0.05, 0) is 86.4 Å². The molecule has 0 spiro atoms. The van der Waals surface area contributed by atoms with Crippen LogP contribution in [0.5, 0.6) is 0 Å². The lowest BCUT2D eigenvalue weighted by molar-refractivity contribution is -0.109. The maximum Gasteiger partial charge on any atom is 0.207 e. The molecule has 1 aliphatic carbocycles. The highest BCUT2D eigenvalue weighted by atomic mass is 35.5. The average molecular weight is 568 g/mol. The second-order valence-corrected chi connectivity index (χ2v) is 10.9. The Morgan fingerprint density at radius 2 is 1.75 bits per heavy atom. The van der Waals surface area contributed by atoms with E-state index < -0.39 is 17.5 Å². The van der Waals surface area contributed by atoms with Gasteiger partial charge in [0.2, 0.25) is 6.41 Å². The molecule has 1 N–H and O–H groups in total. The molecular weight excluding hydrogens is 535 g/mol. The highest BCUT2D eigenvalue weighted by Gasteiger charge is 2.33. The van der Waals surface area contributed by atoms with E-state index in [4.69, 9.17) is 11.6 Å². The zero-order chi connectivity index (χ0) is 29.0. The fourth-order valence-corrected chi connectivity index (χ4v) is 5.05. The Kier molecular flexibility index (Phi) is 9.46. The molecule has 0 saturated heterocycles. The summed E-state index contributed by atoms with van der Waals surface area (Å²) in [4.78, 5) is 19.4. The number of nitrogens with one attached hydrogen (secondary N) is 1. The second-order valence-electron chi connectivity index (χ2n) is 10.5. The van der Waals surface area contributed by atoms with Crippen LogP contribution in [0.4, 0.5) is 13.2 Å². The van der Waals surface area contributed by atoms with Crippen LogP contribution in [0.3, 0.4) is 0 Å². The molecule has 2 atom stereocenters. The molecule has 1 saturated carbocycles. The van der Waals surface area contributed by atoms with Crippen LogP contribution in [0.2, 0.25) is 5.02 Å². The quantitative estimate of drug-likeness (QED) is 0.172. The minimum absolute atomic E-state index is 0.0754.